The number of likely N-dealkylation sites (tertiary alicyclic amines) is 1. The maximum atomic E-state index is 9.39. The molecule has 0 spiro atoms. The molecule has 2 atom stereocenters. The van der Waals surface area contributed by atoms with E-state index in [1.807, 2.05) is 18.2 Å². The molecule has 1 aliphatic heterocycles. The van der Waals surface area contributed by atoms with Crippen molar-refractivity contribution in [2.75, 3.05) is 20.2 Å². The Morgan fingerprint density at radius 1 is 1.35 bits per heavy atom. The monoisotopic (exact) mass is 273 g/mol. The van der Waals surface area contributed by atoms with Gasteiger partial charge in [-0.1, -0.05) is 29.3 Å². The summed E-state index contributed by atoms with van der Waals surface area (Å²) in [5, 5.41) is 10.6. The van der Waals surface area contributed by atoms with Crippen LogP contribution in [0.4, 0.5) is 0 Å². The number of aliphatic hydroxyl groups is 1. The lowest BCUT2D eigenvalue weighted by Crippen LogP contribution is -2.33. The van der Waals surface area contributed by atoms with Crippen LogP contribution in [0.2, 0.25) is 10.0 Å². The second-order valence-electron chi connectivity index (χ2n) is 4.73. The maximum absolute atomic E-state index is 9.39. The largest absolute Gasteiger partial charge is 0.395 e. The van der Waals surface area contributed by atoms with Gasteiger partial charge in [0.1, 0.15) is 0 Å². The molecule has 17 heavy (non-hydrogen) atoms. The standard InChI is InChI=1S/C13H17Cl2NO/c1-16-5-4-10(13(16)8-17)6-9-2-3-11(14)12(15)7-9/h2-3,7,10,13,17H,4-6,8H2,1H3/t10?,13-/m1/s1. The molecule has 0 saturated carbocycles. The lowest BCUT2D eigenvalue weighted by atomic mass is 9.93. The van der Waals surface area contributed by atoms with E-state index >= 15 is 0 Å². The van der Waals surface area contributed by atoms with Crippen molar-refractivity contribution in [3.8, 4) is 0 Å². The van der Waals surface area contributed by atoms with E-state index in [4.69, 9.17) is 23.2 Å². The average molecular weight is 274 g/mol. The van der Waals surface area contributed by atoms with Crippen LogP contribution in [-0.4, -0.2) is 36.2 Å². The molecule has 94 valence electrons. The molecular weight excluding hydrogens is 257 g/mol. The second kappa shape index (κ2) is 5.57. The van der Waals surface area contributed by atoms with Crippen LogP contribution in [0.5, 0.6) is 0 Å². The van der Waals surface area contributed by atoms with Gasteiger partial charge < -0.3 is 10.0 Å². The Morgan fingerprint density at radius 2 is 2.12 bits per heavy atom. The van der Waals surface area contributed by atoms with Gasteiger partial charge >= 0.3 is 0 Å². The molecule has 1 heterocycles. The van der Waals surface area contributed by atoms with Gasteiger partial charge in [0.25, 0.3) is 0 Å². The summed E-state index contributed by atoms with van der Waals surface area (Å²) in [7, 11) is 2.07. The van der Waals surface area contributed by atoms with Gasteiger partial charge in [-0.2, -0.15) is 0 Å². The van der Waals surface area contributed by atoms with Crippen LogP contribution >= 0.6 is 23.2 Å². The van der Waals surface area contributed by atoms with Gasteiger partial charge in [-0.05, 0) is 50.0 Å². The highest BCUT2D eigenvalue weighted by atomic mass is 35.5. The zero-order chi connectivity index (χ0) is 12.4. The first-order chi connectivity index (χ1) is 8.11. The van der Waals surface area contributed by atoms with Gasteiger partial charge in [0, 0.05) is 6.04 Å². The van der Waals surface area contributed by atoms with Crippen LogP contribution in [0.3, 0.4) is 0 Å². The van der Waals surface area contributed by atoms with Gasteiger partial charge in [0.05, 0.1) is 16.7 Å². The Balaban J connectivity index is 2.07. The first-order valence-corrected chi connectivity index (χ1v) is 6.62. The van der Waals surface area contributed by atoms with Gasteiger partial charge in [-0.25, -0.2) is 0 Å². The summed E-state index contributed by atoms with van der Waals surface area (Å²) in [5.74, 6) is 0.502. The Kier molecular flexibility index (Phi) is 4.31. The molecule has 0 radical (unpaired) electrons. The zero-order valence-corrected chi connectivity index (χ0v) is 11.4. The highest BCUT2D eigenvalue weighted by Gasteiger charge is 2.30. The summed E-state index contributed by atoms with van der Waals surface area (Å²) >= 11 is 11.9. The fraction of sp³-hybridized carbons (Fsp3) is 0.538. The van der Waals surface area contributed by atoms with E-state index in [1.54, 1.807) is 0 Å². The third-order valence-electron chi connectivity index (χ3n) is 3.63. The summed E-state index contributed by atoms with van der Waals surface area (Å²) < 4.78 is 0. The van der Waals surface area contributed by atoms with Gasteiger partial charge in [-0.15, -0.1) is 0 Å². The first kappa shape index (κ1) is 13.2. The SMILES string of the molecule is CN1CCC(Cc2ccc(Cl)c(Cl)c2)[C@H]1CO. The normalized spacial score (nSPS) is 25.4. The minimum atomic E-state index is 0.225. The third kappa shape index (κ3) is 2.94. The van der Waals surface area contributed by atoms with Crippen molar-refractivity contribution in [1.82, 2.24) is 4.90 Å². The highest BCUT2D eigenvalue weighted by Crippen LogP contribution is 2.29. The Hall–Kier alpha value is -0.280. The number of hydrogen-bond donors (Lipinski definition) is 1. The molecule has 0 aromatic heterocycles. The predicted molar refractivity (Wildman–Crippen MR) is 71.8 cm³/mol. The van der Waals surface area contributed by atoms with Crippen molar-refractivity contribution >= 4 is 23.2 Å². The molecule has 0 aliphatic carbocycles. The zero-order valence-electron chi connectivity index (χ0n) is 9.87. The molecular formula is C13H17Cl2NO. The number of likely N-dealkylation sites (N-methyl/N-ethyl adjacent to an activating group) is 1. The van der Waals surface area contributed by atoms with Crippen LogP contribution in [0, 0.1) is 5.92 Å². The van der Waals surface area contributed by atoms with Crippen molar-refractivity contribution in [2.24, 2.45) is 5.92 Å². The highest BCUT2D eigenvalue weighted by molar-refractivity contribution is 6.42. The summed E-state index contributed by atoms with van der Waals surface area (Å²) in [4.78, 5) is 2.22. The van der Waals surface area contributed by atoms with Crippen LogP contribution in [-0.2, 0) is 6.42 Å². The van der Waals surface area contributed by atoms with Gasteiger partial charge in [0.15, 0.2) is 0 Å². The third-order valence-corrected chi connectivity index (χ3v) is 4.37. The molecule has 0 bridgehead atoms. The number of rotatable bonds is 3. The van der Waals surface area contributed by atoms with E-state index in [-0.39, 0.29) is 12.6 Å². The van der Waals surface area contributed by atoms with Crippen LogP contribution in [0.15, 0.2) is 18.2 Å². The van der Waals surface area contributed by atoms with E-state index < -0.39 is 0 Å². The van der Waals surface area contributed by atoms with E-state index in [2.05, 4.69) is 11.9 Å². The number of hydrogen-bond acceptors (Lipinski definition) is 2. The molecule has 2 nitrogen and oxygen atoms in total. The predicted octanol–water partition coefficient (Wildman–Crippen LogP) is 2.85. The lowest BCUT2D eigenvalue weighted by Gasteiger charge is -2.22. The molecule has 1 aromatic rings. The first-order valence-electron chi connectivity index (χ1n) is 5.87. The van der Waals surface area contributed by atoms with E-state index in [1.165, 1.54) is 5.56 Å². The minimum absolute atomic E-state index is 0.225. The summed E-state index contributed by atoms with van der Waals surface area (Å²) in [6, 6.07) is 6.05. The fourth-order valence-electron chi connectivity index (χ4n) is 2.58. The van der Waals surface area contributed by atoms with Gasteiger partial charge in [-0.3, -0.25) is 0 Å². The molecule has 4 heteroatoms. The van der Waals surface area contributed by atoms with Crippen molar-refractivity contribution in [3.05, 3.63) is 33.8 Å². The molecule has 1 aliphatic rings. The smallest absolute Gasteiger partial charge is 0.0595 e. The minimum Gasteiger partial charge on any atom is -0.395 e. The molecule has 2 rings (SSSR count). The lowest BCUT2D eigenvalue weighted by molar-refractivity contribution is 0.155. The van der Waals surface area contributed by atoms with Crippen LogP contribution in [0.1, 0.15) is 12.0 Å². The van der Waals surface area contributed by atoms with E-state index in [9.17, 15) is 5.11 Å². The summed E-state index contributed by atoms with van der Waals surface area (Å²) in [6.45, 7) is 1.28. The number of nitrogens with zero attached hydrogens (tertiary/aromatic N) is 1. The number of halogens is 2. The van der Waals surface area contributed by atoms with Crippen LogP contribution < -0.4 is 0 Å². The maximum Gasteiger partial charge on any atom is 0.0595 e. The number of benzene rings is 1. The molecule has 1 unspecified atom stereocenters. The molecule has 1 fully saturated rings. The second-order valence-corrected chi connectivity index (χ2v) is 5.55. The average Bonchev–Trinajstić information content (AvgIpc) is 2.64. The van der Waals surface area contributed by atoms with Crippen molar-refractivity contribution < 1.29 is 5.11 Å². The Bertz CT molecular complexity index is 397. The quantitative estimate of drug-likeness (QED) is 0.916. The van der Waals surface area contributed by atoms with Gasteiger partial charge in [0.2, 0.25) is 0 Å². The van der Waals surface area contributed by atoms with Crippen LogP contribution in [0.25, 0.3) is 0 Å². The van der Waals surface area contributed by atoms with E-state index in [0.29, 0.717) is 16.0 Å². The topological polar surface area (TPSA) is 23.5 Å². The molecule has 1 aromatic carbocycles. The Morgan fingerprint density at radius 3 is 2.76 bits per heavy atom. The summed E-state index contributed by atoms with van der Waals surface area (Å²) in [5.41, 5.74) is 1.19. The summed E-state index contributed by atoms with van der Waals surface area (Å²) in [6.07, 6.45) is 2.08. The fourth-order valence-corrected chi connectivity index (χ4v) is 2.90. The van der Waals surface area contributed by atoms with Crippen molar-refractivity contribution in [2.45, 2.75) is 18.9 Å². The molecule has 1 N–H and O–H groups in total. The van der Waals surface area contributed by atoms with Crippen molar-refractivity contribution in [3.63, 3.8) is 0 Å². The van der Waals surface area contributed by atoms with Crippen molar-refractivity contribution in [1.29, 1.82) is 0 Å². The Labute approximate surface area is 112 Å². The molecule has 1 saturated heterocycles. The van der Waals surface area contributed by atoms with E-state index in [0.717, 1.165) is 19.4 Å². The molecule has 0 amide bonds. The number of aliphatic hydroxyl groups excluding tert-OH is 1.